The molecule has 3 aromatic rings. The molecule has 0 spiro atoms. The van der Waals surface area contributed by atoms with Crippen LogP contribution in [0.1, 0.15) is 23.2 Å². The highest BCUT2D eigenvalue weighted by atomic mass is 127. The minimum atomic E-state index is -0.265. The maximum atomic E-state index is 12.4. The van der Waals surface area contributed by atoms with Crippen LogP contribution < -0.4 is 10.9 Å². The molecule has 0 aliphatic carbocycles. The highest BCUT2D eigenvalue weighted by Crippen LogP contribution is 2.27. The number of thioether (sulfide) groups is 1. The molecule has 5 nitrogen and oxygen atoms in total. The molecule has 8 heteroatoms. The fourth-order valence-electron chi connectivity index (χ4n) is 2.44. The number of nitrogens with one attached hydrogen (secondary N) is 2. The van der Waals surface area contributed by atoms with Crippen LogP contribution >= 0.6 is 45.7 Å². The number of benzene rings is 1. The summed E-state index contributed by atoms with van der Waals surface area (Å²) < 4.78 is 0.996. The summed E-state index contributed by atoms with van der Waals surface area (Å²) in [6.07, 6.45) is 0. The Bertz CT molecular complexity index is 1030. The molecule has 0 aliphatic heterocycles. The van der Waals surface area contributed by atoms with E-state index in [9.17, 15) is 9.59 Å². The molecule has 2 aromatic heterocycles. The monoisotopic (exact) mass is 499 g/mol. The smallest absolute Gasteiger partial charge is 0.259 e. The quantitative estimate of drug-likeness (QED) is 0.509. The second-order valence-electron chi connectivity index (χ2n) is 5.90. The number of H-pyrrole nitrogens is 1. The van der Waals surface area contributed by atoms with Gasteiger partial charge in [-0.05, 0) is 61.1 Å². The van der Waals surface area contributed by atoms with Crippen molar-refractivity contribution in [3.63, 3.8) is 0 Å². The van der Waals surface area contributed by atoms with Gasteiger partial charge in [0.25, 0.3) is 5.56 Å². The van der Waals surface area contributed by atoms with Gasteiger partial charge in [-0.1, -0.05) is 12.1 Å². The summed E-state index contributed by atoms with van der Waals surface area (Å²) in [5.74, 6) is 1.01. The Hall–Kier alpha value is -1.39. The van der Waals surface area contributed by atoms with E-state index in [1.807, 2.05) is 45.0 Å². The van der Waals surface area contributed by atoms with Crippen molar-refractivity contribution < 1.29 is 4.79 Å². The van der Waals surface area contributed by atoms with E-state index in [0.29, 0.717) is 17.0 Å². The number of halogens is 1. The largest absolute Gasteiger partial charge is 0.324 e. The average molecular weight is 499 g/mol. The lowest BCUT2D eigenvalue weighted by molar-refractivity contribution is -0.115. The third kappa shape index (κ3) is 4.12. The van der Waals surface area contributed by atoms with Crippen molar-refractivity contribution in [2.24, 2.45) is 0 Å². The van der Waals surface area contributed by atoms with Gasteiger partial charge in [-0.3, -0.25) is 9.59 Å². The average Bonchev–Trinajstić information content (AvgIpc) is 2.89. The summed E-state index contributed by atoms with van der Waals surface area (Å²) in [5.41, 5.74) is 1.69. The Balaban J connectivity index is 1.68. The van der Waals surface area contributed by atoms with Gasteiger partial charge in [-0.2, -0.15) is 0 Å². The predicted octanol–water partition coefficient (Wildman–Crippen LogP) is 4.47. The number of nitrogens with zero attached hydrogens (tertiary/aromatic N) is 1. The maximum Gasteiger partial charge on any atom is 0.259 e. The Kier molecular flexibility index (Phi) is 6.03. The van der Waals surface area contributed by atoms with E-state index in [-0.39, 0.29) is 16.7 Å². The third-order valence-corrected chi connectivity index (χ3v) is 7.26. The molecule has 0 radical (unpaired) electrons. The lowest BCUT2D eigenvalue weighted by atomic mass is 10.2. The van der Waals surface area contributed by atoms with E-state index < -0.39 is 0 Å². The summed E-state index contributed by atoms with van der Waals surface area (Å²) in [4.78, 5) is 34.0. The second kappa shape index (κ2) is 8.10. The molecule has 0 fully saturated rings. The van der Waals surface area contributed by atoms with Gasteiger partial charge in [0.05, 0.1) is 22.1 Å². The number of fused-ring (bicyclic) bond motifs is 1. The zero-order valence-electron chi connectivity index (χ0n) is 14.6. The summed E-state index contributed by atoms with van der Waals surface area (Å²) >= 11 is 5.17. The fraction of sp³-hybridized carbons (Fsp3) is 0.278. The number of carbonyl (C=O) groups excluding carboxylic acids is 1. The predicted molar refractivity (Wildman–Crippen MR) is 118 cm³/mol. The van der Waals surface area contributed by atoms with Gasteiger partial charge >= 0.3 is 0 Å². The van der Waals surface area contributed by atoms with Crippen molar-refractivity contribution in [3.8, 4) is 0 Å². The molecule has 0 bridgehead atoms. The highest BCUT2D eigenvalue weighted by Gasteiger charge is 2.17. The van der Waals surface area contributed by atoms with Gasteiger partial charge in [0.15, 0.2) is 0 Å². The van der Waals surface area contributed by atoms with Gasteiger partial charge in [0.2, 0.25) is 5.91 Å². The van der Waals surface area contributed by atoms with Crippen LogP contribution in [0.15, 0.2) is 29.1 Å². The molecule has 3 rings (SSSR count). The van der Waals surface area contributed by atoms with E-state index in [1.165, 1.54) is 23.1 Å². The Morgan fingerprint density at radius 3 is 2.85 bits per heavy atom. The van der Waals surface area contributed by atoms with Gasteiger partial charge in [-0.25, -0.2) is 4.98 Å². The summed E-state index contributed by atoms with van der Waals surface area (Å²) in [6, 6.07) is 7.65. The first-order valence-electron chi connectivity index (χ1n) is 8.02. The van der Waals surface area contributed by atoms with Crippen molar-refractivity contribution in [2.75, 3.05) is 5.32 Å². The molecular weight excluding hydrogens is 481 g/mol. The number of rotatable bonds is 5. The van der Waals surface area contributed by atoms with Crippen molar-refractivity contribution in [3.05, 3.63) is 54.5 Å². The van der Waals surface area contributed by atoms with Crippen molar-refractivity contribution in [1.29, 1.82) is 0 Å². The van der Waals surface area contributed by atoms with Crippen molar-refractivity contribution in [2.45, 2.75) is 31.8 Å². The molecule has 1 aromatic carbocycles. The highest BCUT2D eigenvalue weighted by molar-refractivity contribution is 14.1. The fourth-order valence-corrected chi connectivity index (χ4v) is 4.77. The molecule has 1 unspecified atom stereocenters. The number of hydrogen-bond donors (Lipinski definition) is 2. The number of para-hydroxylation sites is 1. The van der Waals surface area contributed by atoms with Gasteiger partial charge in [0.1, 0.15) is 10.7 Å². The first-order chi connectivity index (χ1) is 12.4. The number of thiophene rings is 1. The number of aromatic amines is 1. The third-order valence-electron chi connectivity index (χ3n) is 4.06. The maximum absolute atomic E-state index is 12.4. The normalized spacial score (nSPS) is 12.3. The zero-order valence-corrected chi connectivity index (χ0v) is 18.3. The molecule has 0 saturated carbocycles. The van der Waals surface area contributed by atoms with E-state index in [1.54, 1.807) is 0 Å². The van der Waals surface area contributed by atoms with Crippen molar-refractivity contribution >= 4 is 67.5 Å². The number of amides is 1. The molecule has 0 saturated heterocycles. The SMILES string of the molecule is Cc1sc2nc(CSC(C)C(=O)Nc3ccccc3I)[nH]c(=O)c2c1C. The van der Waals surface area contributed by atoms with Crippen LogP contribution in [-0.4, -0.2) is 21.1 Å². The standard InChI is InChI=1S/C18H18IN3O2S2/c1-9-10(2)26-18-15(9)17(24)21-14(22-18)8-25-11(3)16(23)20-13-7-5-4-6-12(13)19/h4-7,11H,8H2,1-3H3,(H,20,23)(H,21,22,24). The number of aryl methyl sites for hydroxylation is 2. The first-order valence-corrected chi connectivity index (χ1v) is 11.0. The molecule has 2 heterocycles. The van der Waals surface area contributed by atoms with Crippen molar-refractivity contribution in [1.82, 2.24) is 9.97 Å². The van der Waals surface area contributed by atoms with E-state index >= 15 is 0 Å². The Labute approximate surface area is 173 Å². The topological polar surface area (TPSA) is 74.8 Å². The van der Waals surface area contributed by atoms with Crippen LogP contribution in [0.3, 0.4) is 0 Å². The molecule has 136 valence electrons. The van der Waals surface area contributed by atoms with Crippen LogP contribution in [0.5, 0.6) is 0 Å². The summed E-state index contributed by atoms with van der Waals surface area (Å²) in [5, 5.41) is 3.35. The summed E-state index contributed by atoms with van der Waals surface area (Å²) in [7, 11) is 0. The number of carbonyl (C=O) groups is 1. The molecular formula is C18H18IN3O2S2. The Morgan fingerprint density at radius 1 is 1.38 bits per heavy atom. The lowest BCUT2D eigenvalue weighted by Crippen LogP contribution is -2.23. The van der Waals surface area contributed by atoms with Crippen LogP contribution in [-0.2, 0) is 10.5 Å². The zero-order chi connectivity index (χ0) is 18.8. The van der Waals surface area contributed by atoms with Gasteiger partial charge in [0, 0.05) is 8.45 Å². The lowest BCUT2D eigenvalue weighted by Gasteiger charge is -2.12. The molecule has 26 heavy (non-hydrogen) atoms. The van der Waals surface area contributed by atoms with E-state index in [0.717, 1.165) is 24.5 Å². The molecule has 1 atom stereocenters. The number of anilines is 1. The van der Waals surface area contributed by atoms with Crippen LogP contribution in [0, 0.1) is 17.4 Å². The molecule has 2 N–H and O–H groups in total. The van der Waals surface area contributed by atoms with Crippen LogP contribution in [0.2, 0.25) is 0 Å². The van der Waals surface area contributed by atoms with Crippen LogP contribution in [0.4, 0.5) is 5.69 Å². The Morgan fingerprint density at radius 2 is 2.12 bits per heavy atom. The minimum absolute atomic E-state index is 0.0645. The first kappa shape index (κ1) is 19.4. The molecule has 0 aliphatic rings. The van der Waals surface area contributed by atoms with Gasteiger partial charge in [-0.15, -0.1) is 23.1 Å². The van der Waals surface area contributed by atoms with E-state index in [4.69, 9.17) is 0 Å². The van der Waals surface area contributed by atoms with Gasteiger partial charge < -0.3 is 10.3 Å². The number of aromatic nitrogens is 2. The number of hydrogen-bond acceptors (Lipinski definition) is 5. The van der Waals surface area contributed by atoms with Crippen LogP contribution in [0.25, 0.3) is 10.2 Å². The molecule has 1 amide bonds. The van der Waals surface area contributed by atoms with E-state index in [2.05, 4.69) is 37.9 Å². The summed E-state index contributed by atoms with van der Waals surface area (Å²) in [6.45, 7) is 5.79. The minimum Gasteiger partial charge on any atom is -0.324 e. The second-order valence-corrected chi connectivity index (χ2v) is 9.59.